The van der Waals surface area contributed by atoms with Gasteiger partial charge in [0.25, 0.3) is 0 Å². The van der Waals surface area contributed by atoms with Crippen molar-refractivity contribution in [3.63, 3.8) is 0 Å². The molecule has 2 N–H and O–H groups in total. The molecule has 150 valence electrons. The summed E-state index contributed by atoms with van der Waals surface area (Å²) in [6.45, 7) is 3.43. The van der Waals surface area contributed by atoms with E-state index in [0.717, 1.165) is 16.1 Å². The van der Waals surface area contributed by atoms with Crippen molar-refractivity contribution < 1.29 is 24.2 Å². The number of aliphatic hydroxyl groups is 1. The van der Waals surface area contributed by atoms with Crippen LogP contribution in [0.4, 0.5) is 9.59 Å². The topological polar surface area (TPSA) is 88.1 Å². The highest BCUT2D eigenvalue weighted by atomic mass is 16.6. The number of nitrogens with zero attached hydrogens (tertiary/aromatic N) is 1. The average molecular weight is 386 g/mol. The maximum atomic E-state index is 12.6. The Morgan fingerprint density at radius 3 is 1.89 bits per heavy atom. The van der Waals surface area contributed by atoms with Crippen LogP contribution in [0.3, 0.4) is 0 Å². The van der Waals surface area contributed by atoms with Crippen molar-refractivity contribution in [2.24, 2.45) is 5.92 Å². The molecule has 2 amide bonds. The van der Waals surface area contributed by atoms with E-state index in [9.17, 15) is 14.7 Å². The van der Waals surface area contributed by atoms with E-state index in [1.807, 2.05) is 74.5 Å². The molecule has 1 atom stereocenters. The Morgan fingerprint density at radius 2 is 1.43 bits per heavy atom. The number of benzene rings is 2. The molecule has 0 saturated heterocycles. The van der Waals surface area contributed by atoms with Crippen molar-refractivity contribution in [2.75, 3.05) is 6.61 Å². The van der Waals surface area contributed by atoms with Gasteiger partial charge in [0.1, 0.15) is 13.2 Å². The second kappa shape index (κ2) is 10.9. The molecule has 0 bridgehead atoms. The molecule has 2 aromatic carbocycles. The molecule has 2 rings (SSSR count). The Kier molecular flexibility index (Phi) is 8.30. The Balaban J connectivity index is 1.99. The molecule has 1 unspecified atom stereocenters. The Hall–Kier alpha value is -3.06. The minimum Gasteiger partial charge on any atom is -0.443 e. The molecule has 0 fully saturated rings. The van der Waals surface area contributed by atoms with Crippen molar-refractivity contribution in [3.05, 3.63) is 71.8 Å². The van der Waals surface area contributed by atoms with Gasteiger partial charge in [-0.15, -0.1) is 0 Å². The van der Waals surface area contributed by atoms with Crippen molar-refractivity contribution in [2.45, 2.75) is 33.1 Å². The SMILES string of the molecule is CC(C)C(CO)N(NC(=O)OCc1ccccc1)C(=O)OCc1ccccc1. The van der Waals surface area contributed by atoms with Gasteiger partial charge in [0.05, 0.1) is 12.6 Å². The lowest BCUT2D eigenvalue weighted by Gasteiger charge is -2.31. The first-order chi connectivity index (χ1) is 13.5. The van der Waals surface area contributed by atoms with E-state index < -0.39 is 18.2 Å². The highest BCUT2D eigenvalue weighted by Gasteiger charge is 2.29. The molecule has 2 aromatic rings. The summed E-state index contributed by atoms with van der Waals surface area (Å²) in [5.74, 6) is -0.122. The van der Waals surface area contributed by atoms with Gasteiger partial charge in [0, 0.05) is 0 Å². The van der Waals surface area contributed by atoms with E-state index in [4.69, 9.17) is 9.47 Å². The van der Waals surface area contributed by atoms with E-state index in [-0.39, 0.29) is 25.7 Å². The normalized spacial score (nSPS) is 11.6. The van der Waals surface area contributed by atoms with Gasteiger partial charge in [-0.05, 0) is 17.0 Å². The van der Waals surface area contributed by atoms with Gasteiger partial charge in [-0.2, -0.15) is 0 Å². The zero-order valence-corrected chi connectivity index (χ0v) is 16.1. The third-order valence-corrected chi connectivity index (χ3v) is 4.11. The first-order valence-corrected chi connectivity index (χ1v) is 9.09. The Bertz CT molecular complexity index is 737. The summed E-state index contributed by atoms with van der Waals surface area (Å²) in [5, 5.41) is 10.7. The minimum absolute atomic E-state index is 0.0488. The maximum absolute atomic E-state index is 12.6. The van der Waals surface area contributed by atoms with Crippen LogP contribution in [0, 0.1) is 5.92 Å². The molecule has 28 heavy (non-hydrogen) atoms. The molecule has 0 aromatic heterocycles. The van der Waals surface area contributed by atoms with Crippen LogP contribution in [0.25, 0.3) is 0 Å². The summed E-state index contributed by atoms with van der Waals surface area (Å²) in [6.07, 6.45) is -1.58. The van der Waals surface area contributed by atoms with Crippen molar-refractivity contribution in [1.29, 1.82) is 0 Å². The highest BCUT2D eigenvalue weighted by molar-refractivity contribution is 5.74. The molecule has 0 spiro atoms. The van der Waals surface area contributed by atoms with Crippen LogP contribution < -0.4 is 5.43 Å². The molecule has 0 aliphatic heterocycles. The first kappa shape index (κ1) is 21.2. The molecule has 7 heteroatoms. The van der Waals surface area contributed by atoms with E-state index in [0.29, 0.717) is 0 Å². The van der Waals surface area contributed by atoms with Gasteiger partial charge in [-0.25, -0.2) is 20.0 Å². The van der Waals surface area contributed by atoms with E-state index in [2.05, 4.69) is 5.43 Å². The molecule has 0 heterocycles. The second-order valence-corrected chi connectivity index (χ2v) is 6.58. The van der Waals surface area contributed by atoms with Gasteiger partial charge in [-0.1, -0.05) is 74.5 Å². The molecule has 0 saturated carbocycles. The minimum atomic E-state index is -0.806. The summed E-state index contributed by atoms with van der Waals surface area (Å²) in [5.41, 5.74) is 4.02. The number of carbonyl (C=O) groups is 2. The van der Waals surface area contributed by atoms with Gasteiger partial charge in [0.15, 0.2) is 0 Å². The number of hydrogen-bond acceptors (Lipinski definition) is 5. The fourth-order valence-electron chi connectivity index (χ4n) is 2.50. The number of rotatable bonds is 7. The average Bonchev–Trinajstić information content (AvgIpc) is 2.71. The van der Waals surface area contributed by atoms with E-state index in [1.165, 1.54) is 0 Å². The predicted molar refractivity (Wildman–Crippen MR) is 104 cm³/mol. The molecule has 0 aliphatic rings. The standard InChI is InChI=1S/C21H26N2O5/c1-16(2)19(13-24)23(21(26)28-15-18-11-7-4-8-12-18)22-20(25)27-14-17-9-5-3-6-10-17/h3-12,16,19,24H,13-15H2,1-2H3,(H,22,25). The summed E-state index contributed by atoms with van der Waals surface area (Å²) in [6, 6.07) is 17.7. The summed E-state index contributed by atoms with van der Waals surface area (Å²) in [7, 11) is 0. The zero-order valence-electron chi connectivity index (χ0n) is 16.1. The molecular formula is C21H26N2O5. The fourth-order valence-corrected chi connectivity index (χ4v) is 2.50. The van der Waals surface area contributed by atoms with Crippen LogP contribution >= 0.6 is 0 Å². The van der Waals surface area contributed by atoms with Crippen LogP contribution in [-0.2, 0) is 22.7 Å². The van der Waals surface area contributed by atoms with Crippen molar-refractivity contribution >= 4 is 12.2 Å². The van der Waals surface area contributed by atoms with Crippen LogP contribution in [0.15, 0.2) is 60.7 Å². The largest absolute Gasteiger partial charge is 0.443 e. The van der Waals surface area contributed by atoms with Crippen LogP contribution in [0.2, 0.25) is 0 Å². The van der Waals surface area contributed by atoms with Gasteiger partial charge in [-0.3, -0.25) is 0 Å². The number of nitrogens with one attached hydrogen (secondary N) is 1. The lowest BCUT2D eigenvalue weighted by molar-refractivity contribution is 0.0197. The Labute approximate surface area is 164 Å². The zero-order chi connectivity index (χ0) is 20.4. The van der Waals surface area contributed by atoms with E-state index >= 15 is 0 Å². The number of carbonyl (C=O) groups excluding carboxylic acids is 2. The van der Waals surface area contributed by atoms with Gasteiger partial charge in [0.2, 0.25) is 0 Å². The maximum Gasteiger partial charge on any atom is 0.429 e. The number of hydrogen-bond donors (Lipinski definition) is 2. The molecule has 7 nitrogen and oxygen atoms in total. The number of aliphatic hydroxyl groups excluding tert-OH is 1. The smallest absolute Gasteiger partial charge is 0.429 e. The number of ether oxygens (including phenoxy) is 2. The fraction of sp³-hybridized carbons (Fsp3) is 0.333. The number of amides is 2. The summed E-state index contributed by atoms with van der Waals surface area (Å²) in [4.78, 5) is 24.7. The first-order valence-electron chi connectivity index (χ1n) is 9.09. The third kappa shape index (κ3) is 6.59. The van der Waals surface area contributed by atoms with Gasteiger partial charge >= 0.3 is 12.2 Å². The molecule has 0 radical (unpaired) electrons. The van der Waals surface area contributed by atoms with Crippen LogP contribution in [0.1, 0.15) is 25.0 Å². The van der Waals surface area contributed by atoms with Crippen molar-refractivity contribution in [1.82, 2.24) is 10.4 Å². The van der Waals surface area contributed by atoms with Crippen LogP contribution in [0.5, 0.6) is 0 Å². The highest BCUT2D eigenvalue weighted by Crippen LogP contribution is 2.12. The quantitative estimate of drug-likeness (QED) is 0.711. The van der Waals surface area contributed by atoms with E-state index in [1.54, 1.807) is 0 Å². The van der Waals surface area contributed by atoms with Crippen LogP contribution in [-0.4, -0.2) is 35.0 Å². The monoisotopic (exact) mass is 386 g/mol. The summed E-state index contributed by atoms with van der Waals surface area (Å²) < 4.78 is 10.5. The number of hydrazine groups is 1. The molecule has 0 aliphatic carbocycles. The Morgan fingerprint density at radius 1 is 0.929 bits per heavy atom. The third-order valence-electron chi connectivity index (χ3n) is 4.11. The predicted octanol–water partition coefficient (Wildman–Crippen LogP) is 3.48. The summed E-state index contributed by atoms with van der Waals surface area (Å²) >= 11 is 0. The van der Waals surface area contributed by atoms with Crippen molar-refractivity contribution in [3.8, 4) is 0 Å². The second-order valence-electron chi connectivity index (χ2n) is 6.58. The lowest BCUT2D eigenvalue weighted by Crippen LogP contribution is -2.55. The molecular weight excluding hydrogens is 360 g/mol. The van der Waals surface area contributed by atoms with Gasteiger partial charge < -0.3 is 14.6 Å². The lowest BCUT2D eigenvalue weighted by atomic mass is 10.1.